The highest BCUT2D eigenvalue weighted by Crippen LogP contribution is 2.16. The summed E-state index contributed by atoms with van der Waals surface area (Å²) < 4.78 is 0. The lowest BCUT2D eigenvalue weighted by Gasteiger charge is -2.28. The first-order chi connectivity index (χ1) is 7.43. The number of piperazine rings is 1. The summed E-state index contributed by atoms with van der Waals surface area (Å²) in [5.41, 5.74) is 2.62. The van der Waals surface area contributed by atoms with Crippen LogP contribution in [0.2, 0.25) is 0 Å². The maximum absolute atomic E-state index is 4.25. The first-order valence-electron chi connectivity index (χ1n) is 5.06. The predicted octanol–water partition coefficient (Wildman–Crippen LogP) is -0.238. The van der Waals surface area contributed by atoms with Crippen molar-refractivity contribution in [1.29, 1.82) is 0 Å². The van der Waals surface area contributed by atoms with Gasteiger partial charge in [-0.05, 0) is 6.07 Å². The number of pyridine rings is 1. The molecule has 2 N–H and O–H groups in total. The summed E-state index contributed by atoms with van der Waals surface area (Å²) in [6, 6.07) is 2.02. The van der Waals surface area contributed by atoms with Crippen LogP contribution in [-0.2, 0) is 0 Å². The van der Waals surface area contributed by atoms with Gasteiger partial charge in [0.05, 0.1) is 11.9 Å². The minimum atomic E-state index is 0.675. The zero-order valence-electron chi connectivity index (χ0n) is 8.27. The Morgan fingerprint density at radius 2 is 2.07 bits per heavy atom. The van der Waals surface area contributed by atoms with Gasteiger partial charge in [-0.15, -0.1) is 5.10 Å². The van der Waals surface area contributed by atoms with Crippen LogP contribution < -0.4 is 10.2 Å². The van der Waals surface area contributed by atoms with Gasteiger partial charge in [-0.2, -0.15) is 10.3 Å². The van der Waals surface area contributed by atoms with Crippen molar-refractivity contribution in [1.82, 2.24) is 25.7 Å². The van der Waals surface area contributed by atoms with Gasteiger partial charge in [-0.25, -0.2) is 4.98 Å². The maximum Gasteiger partial charge on any atom is 0.201 e. The number of aromatic nitrogens is 4. The van der Waals surface area contributed by atoms with Crippen molar-refractivity contribution in [2.45, 2.75) is 0 Å². The number of rotatable bonds is 1. The van der Waals surface area contributed by atoms with Gasteiger partial charge < -0.3 is 10.2 Å². The van der Waals surface area contributed by atoms with Gasteiger partial charge in [0.15, 0.2) is 0 Å². The fraction of sp³-hybridized carbons (Fsp3) is 0.444. The molecule has 2 aromatic heterocycles. The van der Waals surface area contributed by atoms with E-state index in [9.17, 15) is 0 Å². The first-order valence-corrected chi connectivity index (χ1v) is 5.06. The monoisotopic (exact) mass is 204 g/mol. The molecule has 1 fully saturated rings. The zero-order chi connectivity index (χ0) is 10.1. The van der Waals surface area contributed by atoms with E-state index in [2.05, 4.69) is 30.6 Å². The Kier molecular flexibility index (Phi) is 1.99. The molecule has 0 amide bonds. The van der Waals surface area contributed by atoms with E-state index in [0.29, 0.717) is 5.65 Å². The van der Waals surface area contributed by atoms with Crippen LogP contribution in [0.1, 0.15) is 0 Å². The van der Waals surface area contributed by atoms with E-state index in [1.807, 2.05) is 12.3 Å². The summed E-state index contributed by atoms with van der Waals surface area (Å²) in [6.07, 6.45) is 1.86. The Labute approximate surface area is 86.7 Å². The Bertz CT molecular complexity index is 458. The Hall–Kier alpha value is -1.69. The number of nitrogens with zero attached hydrogens (tertiary/aromatic N) is 4. The maximum atomic E-state index is 4.25. The van der Waals surface area contributed by atoms with Crippen LogP contribution in [0.5, 0.6) is 0 Å². The number of fused-ring (bicyclic) bond motifs is 1. The molecule has 6 heteroatoms. The van der Waals surface area contributed by atoms with E-state index in [1.165, 1.54) is 0 Å². The number of anilines is 1. The fourth-order valence-electron chi connectivity index (χ4n) is 1.83. The molecule has 1 aliphatic rings. The molecule has 1 saturated heterocycles. The standard InChI is InChI=1S/C9H12N6/c1-3-15(4-2-10-1)7-5-8-9(11-6-7)13-14-12-8/h5-6,10H,1-4H2,(H,11,12,13,14). The molecular formula is C9H12N6. The highest BCUT2D eigenvalue weighted by Gasteiger charge is 2.11. The van der Waals surface area contributed by atoms with Crippen molar-refractivity contribution >= 4 is 16.9 Å². The molecule has 3 heterocycles. The molecular weight excluding hydrogens is 192 g/mol. The van der Waals surface area contributed by atoms with Gasteiger partial charge in [0.25, 0.3) is 0 Å². The van der Waals surface area contributed by atoms with Gasteiger partial charge in [0.2, 0.25) is 5.65 Å². The molecule has 6 nitrogen and oxygen atoms in total. The number of H-pyrrole nitrogens is 1. The molecule has 15 heavy (non-hydrogen) atoms. The molecule has 0 saturated carbocycles. The van der Waals surface area contributed by atoms with Crippen molar-refractivity contribution in [3.8, 4) is 0 Å². The molecule has 1 aliphatic heterocycles. The number of nitrogens with one attached hydrogen (secondary N) is 2. The van der Waals surface area contributed by atoms with Gasteiger partial charge in [-0.3, -0.25) is 0 Å². The second-order valence-corrected chi connectivity index (χ2v) is 3.60. The van der Waals surface area contributed by atoms with E-state index < -0.39 is 0 Å². The van der Waals surface area contributed by atoms with Gasteiger partial charge in [-0.1, -0.05) is 0 Å². The molecule has 0 aliphatic carbocycles. The molecule has 0 radical (unpaired) electrons. The molecule has 0 spiro atoms. The summed E-state index contributed by atoms with van der Waals surface area (Å²) in [4.78, 5) is 6.55. The minimum Gasteiger partial charge on any atom is -0.368 e. The number of hydrogen-bond acceptors (Lipinski definition) is 5. The van der Waals surface area contributed by atoms with Crippen molar-refractivity contribution < 1.29 is 0 Å². The van der Waals surface area contributed by atoms with Crippen LogP contribution in [0.3, 0.4) is 0 Å². The van der Waals surface area contributed by atoms with Crippen LogP contribution in [0.15, 0.2) is 12.3 Å². The largest absolute Gasteiger partial charge is 0.368 e. The van der Waals surface area contributed by atoms with Crippen LogP contribution >= 0.6 is 0 Å². The summed E-state index contributed by atoms with van der Waals surface area (Å²) in [6.45, 7) is 4.09. The van der Waals surface area contributed by atoms with Gasteiger partial charge in [0, 0.05) is 26.2 Å². The normalized spacial score (nSPS) is 17.2. The van der Waals surface area contributed by atoms with Crippen LogP contribution in [0.4, 0.5) is 5.69 Å². The third-order valence-electron chi connectivity index (χ3n) is 2.64. The van der Waals surface area contributed by atoms with E-state index in [4.69, 9.17) is 0 Å². The van der Waals surface area contributed by atoms with Crippen LogP contribution in [-0.4, -0.2) is 46.6 Å². The van der Waals surface area contributed by atoms with E-state index in [1.54, 1.807) is 0 Å². The molecule has 0 atom stereocenters. The quantitative estimate of drug-likeness (QED) is 0.671. The topological polar surface area (TPSA) is 69.7 Å². The van der Waals surface area contributed by atoms with Gasteiger partial charge in [0.1, 0.15) is 5.52 Å². The average Bonchev–Trinajstić information content (AvgIpc) is 2.77. The molecule has 2 aromatic rings. The third kappa shape index (κ3) is 1.52. The summed E-state index contributed by atoms with van der Waals surface area (Å²) in [5.74, 6) is 0. The van der Waals surface area contributed by atoms with Crippen molar-refractivity contribution in [2.24, 2.45) is 0 Å². The predicted molar refractivity (Wildman–Crippen MR) is 56.8 cm³/mol. The molecule has 3 rings (SSSR count). The third-order valence-corrected chi connectivity index (χ3v) is 2.64. The number of aromatic amines is 1. The first kappa shape index (κ1) is 8.60. The smallest absolute Gasteiger partial charge is 0.201 e. The molecule has 78 valence electrons. The van der Waals surface area contributed by atoms with Crippen LogP contribution in [0, 0.1) is 0 Å². The summed E-state index contributed by atoms with van der Waals surface area (Å²) in [7, 11) is 0. The van der Waals surface area contributed by atoms with Crippen molar-refractivity contribution in [3.05, 3.63) is 12.3 Å². The summed E-state index contributed by atoms with van der Waals surface area (Å²) in [5, 5.41) is 13.9. The van der Waals surface area contributed by atoms with Crippen molar-refractivity contribution in [3.63, 3.8) is 0 Å². The molecule has 0 bridgehead atoms. The Morgan fingerprint density at radius 3 is 2.93 bits per heavy atom. The van der Waals surface area contributed by atoms with E-state index in [-0.39, 0.29) is 0 Å². The summed E-state index contributed by atoms with van der Waals surface area (Å²) >= 11 is 0. The Balaban J connectivity index is 1.95. The van der Waals surface area contributed by atoms with E-state index >= 15 is 0 Å². The zero-order valence-corrected chi connectivity index (χ0v) is 8.27. The minimum absolute atomic E-state index is 0.675. The highest BCUT2D eigenvalue weighted by atomic mass is 15.3. The lowest BCUT2D eigenvalue weighted by Crippen LogP contribution is -2.43. The average molecular weight is 204 g/mol. The second-order valence-electron chi connectivity index (χ2n) is 3.60. The highest BCUT2D eigenvalue weighted by molar-refractivity contribution is 5.73. The molecule has 0 aromatic carbocycles. The van der Waals surface area contributed by atoms with Crippen LogP contribution in [0.25, 0.3) is 11.2 Å². The Morgan fingerprint density at radius 1 is 1.20 bits per heavy atom. The van der Waals surface area contributed by atoms with E-state index in [0.717, 1.165) is 37.4 Å². The lowest BCUT2D eigenvalue weighted by atomic mass is 10.3. The number of hydrogen-bond donors (Lipinski definition) is 2. The fourth-order valence-corrected chi connectivity index (χ4v) is 1.83. The molecule has 0 unspecified atom stereocenters. The lowest BCUT2D eigenvalue weighted by molar-refractivity contribution is 0.589. The van der Waals surface area contributed by atoms with Gasteiger partial charge >= 0.3 is 0 Å². The van der Waals surface area contributed by atoms with Crippen molar-refractivity contribution in [2.75, 3.05) is 31.1 Å². The second kappa shape index (κ2) is 3.47. The SMILES string of the molecule is c1nc2n[nH]nc2cc1N1CCNCC1.